The molecule has 0 radical (unpaired) electrons. The summed E-state index contributed by atoms with van der Waals surface area (Å²) in [5, 5.41) is 3.78. The largest absolute Gasteiger partial charge is 0.496 e. The zero-order valence-corrected chi connectivity index (χ0v) is 17.9. The van der Waals surface area contributed by atoms with Crippen LogP contribution in [0, 0.1) is 6.92 Å². The van der Waals surface area contributed by atoms with Crippen LogP contribution < -0.4 is 9.47 Å². The first-order valence-corrected chi connectivity index (χ1v) is 9.84. The van der Waals surface area contributed by atoms with Gasteiger partial charge in [-0.25, -0.2) is 4.98 Å². The Balaban J connectivity index is 1.74. The van der Waals surface area contributed by atoms with Crippen molar-refractivity contribution in [1.82, 2.24) is 19.7 Å². The topological polar surface area (TPSA) is 92.3 Å². The highest BCUT2D eigenvalue weighted by Gasteiger charge is 2.30. The number of rotatable bonds is 7. The van der Waals surface area contributed by atoms with Gasteiger partial charge in [-0.1, -0.05) is 5.16 Å². The third-order valence-corrected chi connectivity index (χ3v) is 5.00. The third kappa shape index (κ3) is 4.52. The van der Waals surface area contributed by atoms with E-state index in [0.717, 1.165) is 5.52 Å². The van der Waals surface area contributed by atoms with Crippen LogP contribution in [0.1, 0.15) is 29.0 Å². The van der Waals surface area contributed by atoms with E-state index in [1.807, 2.05) is 6.07 Å². The minimum atomic E-state index is -4.44. The van der Waals surface area contributed by atoms with Gasteiger partial charge in [0, 0.05) is 24.1 Å². The zero-order chi connectivity index (χ0) is 23.8. The highest BCUT2D eigenvalue weighted by Crippen LogP contribution is 2.36. The molecule has 0 atom stereocenters. The molecule has 33 heavy (non-hydrogen) atoms. The summed E-state index contributed by atoms with van der Waals surface area (Å²) in [6.45, 7) is 1.72. The molecule has 2 aromatic carbocycles. The molecule has 2 heterocycles. The van der Waals surface area contributed by atoms with E-state index >= 15 is 0 Å². The molecule has 4 rings (SSSR count). The van der Waals surface area contributed by atoms with Crippen molar-refractivity contribution in [2.45, 2.75) is 25.9 Å². The van der Waals surface area contributed by atoms with Crippen molar-refractivity contribution < 1.29 is 32.0 Å². The molecule has 0 saturated heterocycles. The fourth-order valence-electron chi connectivity index (χ4n) is 3.46. The van der Waals surface area contributed by atoms with Gasteiger partial charge in [-0.3, -0.25) is 9.36 Å². The average molecular weight is 460 g/mol. The van der Waals surface area contributed by atoms with Crippen LogP contribution in [0.3, 0.4) is 0 Å². The van der Waals surface area contributed by atoms with Crippen LogP contribution in [-0.2, 0) is 0 Å². The van der Waals surface area contributed by atoms with Crippen LogP contribution in [0.15, 0.2) is 41.2 Å². The standard InChI is InChI=1S/C22H19F3N4O4/c1-12-27-21(33-28-12)13-4-5-16-15(8-13)26-11-29(16)14-9-18(31-2)20(19(10-14)32-3)17(30)6-7-22(23,24)25/h4-5,8-11H,6-7H2,1-3H3. The van der Waals surface area contributed by atoms with Crippen molar-refractivity contribution in [1.29, 1.82) is 0 Å². The first kappa shape index (κ1) is 22.3. The van der Waals surface area contributed by atoms with Gasteiger partial charge in [-0.2, -0.15) is 18.2 Å². The van der Waals surface area contributed by atoms with Gasteiger partial charge in [0.05, 0.1) is 37.4 Å². The maximum absolute atomic E-state index is 12.6. The Bertz CT molecular complexity index is 1300. The number of fused-ring (bicyclic) bond motifs is 1. The summed E-state index contributed by atoms with van der Waals surface area (Å²) in [6.07, 6.45) is -4.80. The van der Waals surface area contributed by atoms with E-state index < -0.39 is 24.8 Å². The number of methoxy groups -OCH3 is 2. The van der Waals surface area contributed by atoms with Gasteiger partial charge < -0.3 is 14.0 Å². The predicted octanol–water partition coefficient (Wildman–Crippen LogP) is 4.93. The SMILES string of the molecule is COc1cc(-n2cnc3cc(-c4nc(C)no4)ccc32)cc(OC)c1C(=O)CCC(F)(F)F. The molecule has 0 spiro atoms. The molecule has 0 amide bonds. The quantitative estimate of drug-likeness (QED) is 0.361. The fourth-order valence-corrected chi connectivity index (χ4v) is 3.46. The number of imidazole rings is 1. The van der Waals surface area contributed by atoms with Gasteiger partial charge in [0.25, 0.3) is 5.89 Å². The molecule has 0 fully saturated rings. The minimum absolute atomic E-state index is 0.0357. The summed E-state index contributed by atoms with van der Waals surface area (Å²) < 4.78 is 55.4. The summed E-state index contributed by atoms with van der Waals surface area (Å²) in [7, 11) is 2.67. The molecule has 2 aromatic heterocycles. The van der Waals surface area contributed by atoms with Gasteiger partial charge in [-0.15, -0.1) is 0 Å². The lowest BCUT2D eigenvalue weighted by Crippen LogP contribution is -2.13. The van der Waals surface area contributed by atoms with E-state index in [2.05, 4.69) is 15.1 Å². The maximum Gasteiger partial charge on any atom is 0.389 e. The van der Waals surface area contributed by atoms with E-state index in [0.29, 0.717) is 28.5 Å². The van der Waals surface area contributed by atoms with Crippen LogP contribution in [0.25, 0.3) is 28.2 Å². The molecular formula is C22H19F3N4O4. The summed E-state index contributed by atoms with van der Waals surface area (Å²) >= 11 is 0. The molecular weight excluding hydrogens is 441 g/mol. The van der Waals surface area contributed by atoms with Crippen LogP contribution in [0.5, 0.6) is 11.5 Å². The number of hydrogen-bond donors (Lipinski definition) is 0. The Kier molecular flexibility index (Phi) is 5.79. The Morgan fingerprint density at radius 1 is 1.12 bits per heavy atom. The Labute approximate surface area is 185 Å². The van der Waals surface area contributed by atoms with Crippen molar-refractivity contribution in [2.75, 3.05) is 14.2 Å². The fraction of sp³-hybridized carbons (Fsp3) is 0.273. The van der Waals surface area contributed by atoms with Gasteiger partial charge in [0.2, 0.25) is 0 Å². The van der Waals surface area contributed by atoms with Crippen LogP contribution in [0.4, 0.5) is 13.2 Å². The predicted molar refractivity (Wildman–Crippen MR) is 112 cm³/mol. The third-order valence-electron chi connectivity index (χ3n) is 5.00. The van der Waals surface area contributed by atoms with E-state index in [9.17, 15) is 18.0 Å². The Morgan fingerprint density at radius 2 is 1.82 bits per heavy atom. The van der Waals surface area contributed by atoms with Gasteiger partial charge >= 0.3 is 6.18 Å². The van der Waals surface area contributed by atoms with E-state index in [1.54, 1.807) is 42.1 Å². The Hall–Kier alpha value is -3.89. The number of carbonyl (C=O) groups excluding carboxylic acids is 1. The monoisotopic (exact) mass is 460 g/mol. The highest BCUT2D eigenvalue weighted by atomic mass is 19.4. The molecule has 0 saturated carbocycles. The van der Waals surface area contributed by atoms with Crippen LogP contribution in [0.2, 0.25) is 0 Å². The number of aromatic nitrogens is 4. The number of alkyl halides is 3. The smallest absolute Gasteiger partial charge is 0.389 e. The highest BCUT2D eigenvalue weighted by molar-refractivity contribution is 6.02. The average Bonchev–Trinajstić information content (AvgIpc) is 3.41. The van der Waals surface area contributed by atoms with E-state index in [1.165, 1.54) is 14.2 Å². The van der Waals surface area contributed by atoms with Gasteiger partial charge in [0.15, 0.2) is 11.6 Å². The van der Waals surface area contributed by atoms with Crippen LogP contribution >= 0.6 is 0 Å². The molecule has 11 heteroatoms. The molecule has 0 aliphatic heterocycles. The van der Waals surface area contributed by atoms with Crippen molar-refractivity contribution in [3.05, 3.63) is 48.0 Å². The molecule has 0 N–H and O–H groups in total. The molecule has 0 aliphatic rings. The molecule has 8 nitrogen and oxygen atoms in total. The van der Waals surface area contributed by atoms with Gasteiger partial charge in [-0.05, 0) is 25.1 Å². The number of hydrogen-bond acceptors (Lipinski definition) is 7. The van der Waals surface area contributed by atoms with Crippen molar-refractivity contribution >= 4 is 16.8 Å². The lowest BCUT2D eigenvalue weighted by molar-refractivity contribution is -0.133. The summed E-state index contributed by atoms with van der Waals surface area (Å²) in [5.74, 6) is 0.379. The van der Waals surface area contributed by atoms with Crippen molar-refractivity contribution in [3.63, 3.8) is 0 Å². The first-order chi connectivity index (χ1) is 15.7. The number of carbonyl (C=O) groups is 1. The molecule has 0 unspecified atom stereocenters. The number of aryl methyl sites for hydroxylation is 1. The number of ketones is 1. The second kappa shape index (κ2) is 8.57. The lowest BCUT2D eigenvalue weighted by Gasteiger charge is -2.16. The number of Topliss-reactive ketones (excluding diaryl/α,β-unsaturated/α-hetero) is 1. The number of nitrogens with zero attached hydrogens (tertiary/aromatic N) is 4. The second-order valence-electron chi connectivity index (χ2n) is 7.23. The number of halogens is 3. The molecule has 0 bridgehead atoms. The van der Waals surface area contributed by atoms with Gasteiger partial charge in [0.1, 0.15) is 23.4 Å². The summed E-state index contributed by atoms with van der Waals surface area (Å²) in [4.78, 5) is 21.2. The van der Waals surface area contributed by atoms with Crippen molar-refractivity contribution in [3.8, 4) is 28.6 Å². The zero-order valence-electron chi connectivity index (χ0n) is 17.9. The number of benzene rings is 2. The van der Waals surface area contributed by atoms with Crippen LogP contribution in [-0.4, -0.2) is 45.9 Å². The minimum Gasteiger partial charge on any atom is -0.496 e. The summed E-state index contributed by atoms with van der Waals surface area (Å²) in [5.41, 5.74) is 2.60. The Morgan fingerprint density at radius 3 is 2.39 bits per heavy atom. The maximum atomic E-state index is 12.6. The number of ether oxygens (including phenoxy) is 2. The lowest BCUT2D eigenvalue weighted by atomic mass is 10.0. The first-order valence-electron chi connectivity index (χ1n) is 9.84. The molecule has 4 aromatic rings. The molecule has 0 aliphatic carbocycles. The summed E-state index contributed by atoms with van der Waals surface area (Å²) in [6, 6.07) is 8.53. The molecule has 172 valence electrons. The normalized spacial score (nSPS) is 11.7. The van der Waals surface area contributed by atoms with Crippen molar-refractivity contribution in [2.24, 2.45) is 0 Å². The second-order valence-corrected chi connectivity index (χ2v) is 7.23. The van der Waals surface area contributed by atoms with E-state index in [4.69, 9.17) is 14.0 Å². The van der Waals surface area contributed by atoms with E-state index in [-0.39, 0.29) is 17.1 Å².